The predicted octanol–water partition coefficient (Wildman–Crippen LogP) is 1.59. The fourth-order valence-corrected chi connectivity index (χ4v) is 1.70. The van der Waals surface area contributed by atoms with Crippen molar-refractivity contribution in [1.82, 2.24) is 9.78 Å². The Bertz CT molecular complexity index is 226. The van der Waals surface area contributed by atoms with Crippen molar-refractivity contribution < 1.29 is 0 Å². The highest BCUT2D eigenvalue weighted by atomic mass is 32.1. The maximum atomic E-state index is 4.33. The molecule has 1 saturated carbocycles. The molecule has 1 aliphatic carbocycles. The molecule has 0 spiro atoms. The molecule has 0 bridgehead atoms. The van der Waals surface area contributed by atoms with Crippen LogP contribution >= 0.6 is 12.6 Å². The molecule has 1 aromatic heterocycles. The molecule has 0 aromatic carbocycles. The third-order valence-corrected chi connectivity index (χ3v) is 3.02. The van der Waals surface area contributed by atoms with Crippen LogP contribution in [0.25, 0.3) is 0 Å². The summed E-state index contributed by atoms with van der Waals surface area (Å²) in [6.45, 7) is 1.05. The van der Waals surface area contributed by atoms with E-state index < -0.39 is 0 Å². The Balaban J connectivity index is 2.01. The molecule has 0 unspecified atom stereocenters. The van der Waals surface area contributed by atoms with E-state index in [0.717, 1.165) is 12.3 Å². The number of hydrogen-bond acceptors (Lipinski definition) is 2. The van der Waals surface area contributed by atoms with Gasteiger partial charge in [0.25, 0.3) is 0 Å². The molecule has 1 fully saturated rings. The van der Waals surface area contributed by atoms with E-state index in [2.05, 4.69) is 17.7 Å². The highest BCUT2D eigenvalue weighted by Crippen LogP contribution is 2.47. The summed E-state index contributed by atoms with van der Waals surface area (Å²) in [6.07, 6.45) is 6.48. The fraction of sp³-hybridized carbons (Fsp3) is 0.625. The van der Waals surface area contributed by atoms with Crippen molar-refractivity contribution in [1.29, 1.82) is 0 Å². The highest BCUT2D eigenvalue weighted by molar-refractivity contribution is 7.80. The van der Waals surface area contributed by atoms with Crippen molar-refractivity contribution in [2.45, 2.75) is 19.4 Å². The Morgan fingerprint density at radius 3 is 2.82 bits per heavy atom. The van der Waals surface area contributed by atoms with Gasteiger partial charge in [0.1, 0.15) is 0 Å². The lowest BCUT2D eigenvalue weighted by Gasteiger charge is -2.10. The minimum absolute atomic E-state index is 0.481. The number of nitrogens with zero attached hydrogens (tertiary/aromatic N) is 2. The maximum absolute atomic E-state index is 4.33. The SMILES string of the molecule is SCC1(Cn2cccn2)CC1. The smallest absolute Gasteiger partial charge is 0.0489 e. The van der Waals surface area contributed by atoms with Gasteiger partial charge in [-0.15, -0.1) is 0 Å². The molecule has 0 radical (unpaired) electrons. The molecule has 0 saturated heterocycles. The zero-order chi connectivity index (χ0) is 7.73. The van der Waals surface area contributed by atoms with Gasteiger partial charge < -0.3 is 0 Å². The van der Waals surface area contributed by atoms with Crippen molar-refractivity contribution in [2.75, 3.05) is 5.75 Å². The second kappa shape index (κ2) is 2.55. The van der Waals surface area contributed by atoms with Crippen LogP contribution in [0.4, 0.5) is 0 Å². The molecule has 2 nitrogen and oxygen atoms in total. The first-order valence-electron chi connectivity index (χ1n) is 3.93. The molecule has 0 atom stereocenters. The number of hydrogen-bond donors (Lipinski definition) is 1. The Kier molecular flexibility index (Phi) is 1.68. The quantitative estimate of drug-likeness (QED) is 0.679. The van der Waals surface area contributed by atoms with Gasteiger partial charge in [0.05, 0.1) is 0 Å². The molecule has 3 heteroatoms. The van der Waals surface area contributed by atoms with Gasteiger partial charge in [0.15, 0.2) is 0 Å². The molecule has 1 aliphatic rings. The molecule has 0 amide bonds. The van der Waals surface area contributed by atoms with E-state index in [1.807, 2.05) is 23.1 Å². The van der Waals surface area contributed by atoms with Gasteiger partial charge in [-0.3, -0.25) is 4.68 Å². The van der Waals surface area contributed by atoms with Crippen molar-refractivity contribution in [3.8, 4) is 0 Å². The topological polar surface area (TPSA) is 17.8 Å². The van der Waals surface area contributed by atoms with Gasteiger partial charge in [-0.25, -0.2) is 0 Å². The summed E-state index contributed by atoms with van der Waals surface area (Å²) in [7, 11) is 0. The van der Waals surface area contributed by atoms with Crippen molar-refractivity contribution in [3.05, 3.63) is 18.5 Å². The van der Waals surface area contributed by atoms with Crippen LogP contribution in [0.2, 0.25) is 0 Å². The second-order valence-corrected chi connectivity index (χ2v) is 3.68. The molecule has 2 rings (SSSR count). The van der Waals surface area contributed by atoms with E-state index in [1.165, 1.54) is 12.8 Å². The second-order valence-electron chi connectivity index (χ2n) is 3.36. The monoisotopic (exact) mass is 168 g/mol. The maximum Gasteiger partial charge on any atom is 0.0489 e. The lowest BCUT2D eigenvalue weighted by Crippen LogP contribution is -2.13. The summed E-state index contributed by atoms with van der Waals surface area (Å²) in [5.74, 6) is 0.993. The first kappa shape index (κ1) is 7.22. The van der Waals surface area contributed by atoms with E-state index in [1.54, 1.807) is 0 Å². The zero-order valence-corrected chi connectivity index (χ0v) is 7.30. The largest absolute Gasteiger partial charge is 0.272 e. The van der Waals surface area contributed by atoms with Crippen molar-refractivity contribution >= 4 is 12.6 Å². The van der Waals surface area contributed by atoms with E-state index in [-0.39, 0.29) is 0 Å². The summed E-state index contributed by atoms with van der Waals surface area (Å²) >= 11 is 4.33. The van der Waals surface area contributed by atoms with Crippen LogP contribution in [0.5, 0.6) is 0 Å². The average molecular weight is 168 g/mol. The van der Waals surface area contributed by atoms with Crippen LogP contribution in [0.3, 0.4) is 0 Å². The Hall–Kier alpha value is -0.440. The Morgan fingerprint density at radius 1 is 1.55 bits per heavy atom. The van der Waals surface area contributed by atoms with Gasteiger partial charge in [0.2, 0.25) is 0 Å². The summed E-state index contributed by atoms with van der Waals surface area (Å²) in [4.78, 5) is 0. The van der Waals surface area contributed by atoms with Crippen molar-refractivity contribution in [3.63, 3.8) is 0 Å². The van der Waals surface area contributed by atoms with Crippen LogP contribution in [0.1, 0.15) is 12.8 Å². The normalized spacial score (nSPS) is 20.1. The Morgan fingerprint density at radius 2 is 2.36 bits per heavy atom. The van der Waals surface area contributed by atoms with Crippen molar-refractivity contribution in [2.24, 2.45) is 5.41 Å². The van der Waals surface area contributed by atoms with E-state index in [9.17, 15) is 0 Å². The van der Waals surface area contributed by atoms with Gasteiger partial charge in [-0.1, -0.05) is 0 Å². The predicted molar refractivity (Wildman–Crippen MR) is 47.7 cm³/mol. The van der Waals surface area contributed by atoms with Gasteiger partial charge in [-0.05, 0) is 30.1 Å². The van der Waals surface area contributed by atoms with Crippen LogP contribution in [-0.4, -0.2) is 15.5 Å². The minimum Gasteiger partial charge on any atom is -0.272 e. The van der Waals surface area contributed by atoms with Crippen LogP contribution in [0.15, 0.2) is 18.5 Å². The van der Waals surface area contributed by atoms with E-state index in [4.69, 9.17) is 0 Å². The summed E-state index contributed by atoms with van der Waals surface area (Å²) in [5.41, 5.74) is 0.481. The van der Waals surface area contributed by atoms with E-state index >= 15 is 0 Å². The first-order valence-corrected chi connectivity index (χ1v) is 4.56. The molecule has 60 valence electrons. The first-order chi connectivity index (χ1) is 5.35. The summed E-state index contributed by atoms with van der Waals surface area (Å²) in [6, 6.07) is 1.97. The third kappa shape index (κ3) is 1.43. The van der Waals surface area contributed by atoms with Gasteiger partial charge in [-0.2, -0.15) is 17.7 Å². The molecule has 11 heavy (non-hydrogen) atoms. The van der Waals surface area contributed by atoms with Crippen LogP contribution in [0, 0.1) is 5.41 Å². The summed E-state index contributed by atoms with van der Waals surface area (Å²) in [5, 5.41) is 4.17. The van der Waals surface area contributed by atoms with Gasteiger partial charge in [0, 0.05) is 18.9 Å². The number of thiol groups is 1. The third-order valence-electron chi connectivity index (χ3n) is 2.35. The Labute approximate surface area is 72.0 Å². The minimum atomic E-state index is 0.481. The highest BCUT2D eigenvalue weighted by Gasteiger charge is 2.41. The lowest BCUT2D eigenvalue weighted by molar-refractivity contribution is 0.440. The van der Waals surface area contributed by atoms with E-state index in [0.29, 0.717) is 5.41 Å². The number of aromatic nitrogens is 2. The molecular formula is C8H12N2S. The molecule has 0 N–H and O–H groups in total. The van der Waals surface area contributed by atoms with Gasteiger partial charge >= 0.3 is 0 Å². The van der Waals surface area contributed by atoms with Crippen LogP contribution in [-0.2, 0) is 6.54 Å². The zero-order valence-electron chi connectivity index (χ0n) is 6.40. The summed E-state index contributed by atoms with van der Waals surface area (Å²) < 4.78 is 2.00. The fourth-order valence-electron chi connectivity index (χ4n) is 1.28. The lowest BCUT2D eigenvalue weighted by atomic mass is 10.1. The standard InChI is InChI=1S/C8H12N2S/c11-7-8(2-3-8)6-10-5-1-4-9-10/h1,4-5,11H,2-3,6-7H2. The number of rotatable bonds is 3. The molecular weight excluding hydrogens is 156 g/mol. The molecule has 1 aromatic rings. The van der Waals surface area contributed by atoms with Crippen LogP contribution < -0.4 is 0 Å². The molecule has 1 heterocycles. The average Bonchev–Trinajstić information content (AvgIpc) is 2.59. The molecule has 0 aliphatic heterocycles.